The van der Waals surface area contributed by atoms with Crippen LogP contribution in [0.5, 0.6) is 0 Å². The van der Waals surface area contributed by atoms with Gasteiger partial charge in [-0.2, -0.15) is 11.8 Å². The average molecular weight is 205 g/mol. The summed E-state index contributed by atoms with van der Waals surface area (Å²) in [4.78, 5) is 0. The van der Waals surface area contributed by atoms with E-state index in [9.17, 15) is 0 Å². The third-order valence-electron chi connectivity index (χ3n) is 1.79. The Kier molecular flexibility index (Phi) is 5.33. The summed E-state index contributed by atoms with van der Waals surface area (Å²) in [6.07, 6.45) is 1.97. The lowest BCUT2D eigenvalue weighted by atomic mass is 9.99. The standard InChI is InChI=1S/C10H23NOS/c1-9(2,3)13-7-5-6-10(4,11)8-12/h12H,5-8,11H2,1-4H3. The van der Waals surface area contributed by atoms with Crippen LogP contribution in [0.25, 0.3) is 0 Å². The molecule has 0 aliphatic rings. The summed E-state index contributed by atoms with van der Waals surface area (Å²) < 4.78 is 0.338. The lowest BCUT2D eigenvalue weighted by Crippen LogP contribution is -2.40. The molecule has 3 heteroatoms. The summed E-state index contributed by atoms with van der Waals surface area (Å²) in [6.45, 7) is 8.62. The van der Waals surface area contributed by atoms with Crippen molar-refractivity contribution in [2.24, 2.45) is 5.73 Å². The Morgan fingerprint density at radius 2 is 1.77 bits per heavy atom. The highest BCUT2D eigenvalue weighted by Gasteiger charge is 2.17. The van der Waals surface area contributed by atoms with Crippen molar-refractivity contribution >= 4 is 11.8 Å². The normalized spacial score (nSPS) is 17.1. The molecule has 2 nitrogen and oxygen atoms in total. The zero-order valence-electron chi connectivity index (χ0n) is 9.26. The number of aliphatic hydroxyl groups excluding tert-OH is 1. The maximum atomic E-state index is 8.92. The van der Waals surface area contributed by atoms with Crippen molar-refractivity contribution in [1.82, 2.24) is 0 Å². The van der Waals surface area contributed by atoms with Gasteiger partial charge in [-0.05, 0) is 25.5 Å². The van der Waals surface area contributed by atoms with Gasteiger partial charge in [-0.25, -0.2) is 0 Å². The van der Waals surface area contributed by atoms with Gasteiger partial charge in [-0.1, -0.05) is 20.8 Å². The Morgan fingerprint density at radius 1 is 1.23 bits per heavy atom. The third-order valence-corrected chi connectivity index (χ3v) is 3.15. The fourth-order valence-electron chi connectivity index (χ4n) is 0.933. The van der Waals surface area contributed by atoms with Gasteiger partial charge < -0.3 is 10.8 Å². The lowest BCUT2D eigenvalue weighted by Gasteiger charge is -2.23. The minimum atomic E-state index is -0.390. The molecule has 0 bridgehead atoms. The highest BCUT2D eigenvalue weighted by molar-refractivity contribution is 8.00. The van der Waals surface area contributed by atoms with E-state index in [1.807, 2.05) is 18.7 Å². The zero-order chi connectivity index (χ0) is 10.5. The summed E-state index contributed by atoms with van der Waals surface area (Å²) in [5, 5.41) is 8.92. The van der Waals surface area contributed by atoms with Gasteiger partial charge in [0.25, 0.3) is 0 Å². The molecular formula is C10H23NOS. The van der Waals surface area contributed by atoms with Gasteiger partial charge in [0.15, 0.2) is 0 Å². The van der Waals surface area contributed by atoms with Crippen LogP contribution >= 0.6 is 11.8 Å². The molecule has 1 unspecified atom stereocenters. The Morgan fingerprint density at radius 3 is 2.15 bits per heavy atom. The molecule has 0 aliphatic carbocycles. The Hall–Kier alpha value is 0.270. The van der Waals surface area contributed by atoms with Crippen LogP contribution in [0.15, 0.2) is 0 Å². The van der Waals surface area contributed by atoms with Gasteiger partial charge in [-0.3, -0.25) is 0 Å². The first kappa shape index (κ1) is 13.3. The van der Waals surface area contributed by atoms with Crippen molar-refractivity contribution in [3.05, 3.63) is 0 Å². The minimum absolute atomic E-state index is 0.0766. The topological polar surface area (TPSA) is 46.2 Å². The zero-order valence-corrected chi connectivity index (χ0v) is 10.1. The molecule has 0 aromatic carbocycles. The van der Waals surface area contributed by atoms with Crippen LogP contribution in [0.2, 0.25) is 0 Å². The van der Waals surface area contributed by atoms with Gasteiger partial charge in [0.1, 0.15) is 0 Å². The lowest BCUT2D eigenvalue weighted by molar-refractivity contribution is 0.200. The molecule has 0 fully saturated rings. The van der Waals surface area contributed by atoms with Crippen molar-refractivity contribution in [3.8, 4) is 0 Å². The first-order chi connectivity index (χ1) is 5.77. The van der Waals surface area contributed by atoms with Crippen molar-refractivity contribution in [2.75, 3.05) is 12.4 Å². The molecule has 1 atom stereocenters. The van der Waals surface area contributed by atoms with Crippen LogP contribution in [0.4, 0.5) is 0 Å². The van der Waals surface area contributed by atoms with E-state index in [1.54, 1.807) is 0 Å². The van der Waals surface area contributed by atoms with Crippen LogP contribution in [-0.2, 0) is 0 Å². The second kappa shape index (κ2) is 5.23. The van der Waals surface area contributed by atoms with Crippen molar-refractivity contribution in [1.29, 1.82) is 0 Å². The molecular weight excluding hydrogens is 182 g/mol. The predicted molar refractivity (Wildman–Crippen MR) is 61.1 cm³/mol. The van der Waals surface area contributed by atoms with Crippen LogP contribution in [-0.4, -0.2) is 27.8 Å². The second-order valence-electron chi connectivity index (χ2n) is 4.88. The first-order valence-corrected chi connectivity index (χ1v) is 5.79. The van der Waals surface area contributed by atoms with Gasteiger partial charge >= 0.3 is 0 Å². The maximum absolute atomic E-state index is 8.92. The van der Waals surface area contributed by atoms with E-state index in [-0.39, 0.29) is 6.61 Å². The summed E-state index contributed by atoms with van der Waals surface area (Å²) in [5.41, 5.74) is 5.42. The number of hydrogen-bond acceptors (Lipinski definition) is 3. The molecule has 0 rings (SSSR count). The molecule has 0 aromatic rings. The molecule has 3 N–H and O–H groups in total. The fraction of sp³-hybridized carbons (Fsp3) is 1.00. The SMILES string of the molecule is CC(N)(CO)CCCSC(C)(C)C. The van der Waals surface area contributed by atoms with E-state index >= 15 is 0 Å². The number of thioether (sulfide) groups is 1. The van der Waals surface area contributed by atoms with Crippen molar-refractivity contribution in [2.45, 2.75) is 50.8 Å². The molecule has 0 saturated carbocycles. The van der Waals surface area contributed by atoms with Crippen molar-refractivity contribution in [3.63, 3.8) is 0 Å². The van der Waals surface area contributed by atoms with E-state index in [2.05, 4.69) is 20.8 Å². The molecule has 0 heterocycles. The van der Waals surface area contributed by atoms with Crippen LogP contribution < -0.4 is 5.73 Å². The van der Waals surface area contributed by atoms with E-state index in [4.69, 9.17) is 10.8 Å². The smallest absolute Gasteiger partial charge is 0.0608 e. The Bertz CT molecular complexity index is 140. The third kappa shape index (κ3) is 8.60. The van der Waals surface area contributed by atoms with Gasteiger partial charge in [0.05, 0.1) is 6.61 Å². The van der Waals surface area contributed by atoms with E-state index < -0.39 is 5.54 Å². The molecule has 0 aliphatic heterocycles. The summed E-state index contributed by atoms with van der Waals surface area (Å²) >= 11 is 1.95. The molecule has 0 amide bonds. The molecule has 80 valence electrons. The molecule has 13 heavy (non-hydrogen) atoms. The number of aliphatic hydroxyl groups is 1. The minimum Gasteiger partial charge on any atom is -0.394 e. The first-order valence-electron chi connectivity index (χ1n) is 4.80. The van der Waals surface area contributed by atoms with E-state index in [0.717, 1.165) is 18.6 Å². The molecule has 0 saturated heterocycles. The largest absolute Gasteiger partial charge is 0.394 e. The number of hydrogen-bond donors (Lipinski definition) is 2. The monoisotopic (exact) mass is 205 g/mol. The van der Waals surface area contributed by atoms with Gasteiger partial charge in [0.2, 0.25) is 0 Å². The summed E-state index contributed by atoms with van der Waals surface area (Å²) in [6, 6.07) is 0. The second-order valence-corrected chi connectivity index (χ2v) is 6.80. The van der Waals surface area contributed by atoms with E-state index in [1.165, 1.54) is 0 Å². The molecule has 0 radical (unpaired) electrons. The number of nitrogens with two attached hydrogens (primary N) is 1. The Labute approximate surface area is 86.3 Å². The van der Waals surface area contributed by atoms with Crippen LogP contribution in [0.1, 0.15) is 40.5 Å². The summed E-state index contributed by atoms with van der Waals surface area (Å²) in [5.74, 6) is 1.12. The molecule has 0 spiro atoms. The van der Waals surface area contributed by atoms with Gasteiger partial charge in [0, 0.05) is 10.3 Å². The van der Waals surface area contributed by atoms with E-state index in [0.29, 0.717) is 4.75 Å². The summed E-state index contributed by atoms with van der Waals surface area (Å²) in [7, 11) is 0. The number of rotatable bonds is 5. The Balaban J connectivity index is 3.47. The van der Waals surface area contributed by atoms with Crippen LogP contribution in [0.3, 0.4) is 0 Å². The fourth-order valence-corrected chi connectivity index (χ4v) is 1.83. The quantitative estimate of drug-likeness (QED) is 0.675. The molecule has 0 aromatic heterocycles. The highest BCUT2D eigenvalue weighted by atomic mass is 32.2. The highest BCUT2D eigenvalue weighted by Crippen LogP contribution is 2.24. The average Bonchev–Trinajstić information content (AvgIpc) is 1.97. The van der Waals surface area contributed by atoms with Crippen molar-refractivity contribution < 1.29 is 5.11 Å². The maximum Gasteiger partial charge on any atom is 0.0608 e. The van der Waals surface area contributed by atoms with Crippen LogP contribution in [0, 0.1) is 0 Å². The predicted octanol–water partition coefficient (Wildman–Crippen LogP) is 2.01. The van der Waals surface area contributed by atoms with Gasteiger partial charge in [-0.15, -0.1) is 0 Å².